The van der Waals surface area contributed by atoms with Gasteiger partial charge in [-0.1, -0.05) is 35.9 Å². The van der Waals surface area contributed by atoms with Crippen LogP contribution in [0.1, 0.15) is 23.5 Å². The zero-order valence-electron chi connectivity index (χ0n) is 7.77. The van der Waals surface area contributed by atoms with Gasteiger partial charge in [-0.05, 0) is 18.9 Å². The van der Waals surface area contributed by atoms with Gasteiger partial charge in [0.25, 0.3) is 0 Å². The van der Waals surface area contributed by atoms with Crippen LogP contribution in [0.25, 0.3) is 0 Å². The van der Waals surface area contributed by atoms with Crippen molar-refractivity contribution in [2.24, 2.45) is 4.99 Å². The fourth-order valence-corrected chi connectivity index (χ4v) is 1.62. The quantitative estimate of drug-likeness (QED) is 0.615. The third-order valence-corrected chi connectivity index (χ3v) is 2.34. The fraction of sp³-hybridized carbons (Fsp3) is 0.250. The Morgan fingerprint density at radius 2 is 2.31 bits per heavy atom. The number of benzene rings is 1. The SMILES string of the molecule is Cc1cccc(C2C=CN=CC2)c1. The van der Waals surface area contributed by atoms with Gasteiger partial charge in [-0.15, -0.1) is 0 Å². The molecule has 0 spiro atoms. The van der Waals surface area contributed by atoms with E-state index in [0.717, 1.165) is 6.42 Å². The summed E-state index contributed by atoms with van der Waals surface area (Å²) in [5, 5.41) is 0. The number of nitrogens with zero attached hydrogens (tertiary/aromatic N) is 1. The molecule has 1 aliphatic rings. The van der Waals surface area contributed by atoms with Gasteiger partial charge in [-0.2, -0.15) is 0 Å². The van der Waals surface area contributed by atoms with Gasteiger partial charge >= 0.3 is 0 Å². The third-order valence-electron chi connectivity index (χ3n) is 2.34. The van der Waals surface area contributed by atoms with Gasteiger partial charge < -0.3 is 0 Å². The van der Waals surface area contributed by atoms with Gasteiger partial charge in [0, 0.05) is 18.3 Å². The minimum Gasteiger partial charge on any atom is -0.269 e. The lowest BCUT2D eigenvalue weighted by Gasteiger charge is -2.12. The maximum Gasteiger partial charge on any atom is 0.0230 e. The summed E-state index contributed by atoms with van der Waals surface area (Å²) in [6.45, 7) is 2.13. The van der Waals surface area contributed by atoms with Crippen LogP contribution in [0.3, 0.4) is 0 Å². The second-order valence-electron chi connectivity index (χ2n) is 3.43. The number of hydrogen-bond donors (Lipinski definition) is 0. The van der Waals surface area contributed by atoms with Crippen molar-refractivity contribution in [3.63, 3.8) is 0 Å². The van der Waals surface area contributed by atoms with E-state index in [4.69, 9.17) is 0 Å². The molecule has 13 heavy (non-hydrogen) atoms. The van der Waals surface area contributed by atoms with Gasteiger partial charge in [-0.3, -0.25) is 4.99 Å². The first-order valence-corrected chi connectivity index (χ1v) is 4.61. The topological polar surface area (TPSA) is 12.4 Å². The molecule has 0 fully saturated rings. The average molecular weight is 171 g/mol. The molecule has 1 heterocycles. The first-order chi connectivity index (χ1) is 6.36. The van der Waals surface area contributed by atoms with E-state index in [9.17, 15) is 0 Å². The molecule has 1 aromatic rings. The fourth-order valence-electron chi connectivity index (χ4n) is 1.62. The number of allylic oxidation sites excluding steroid dienone is 1. The van der Waals surface area contributed by atoms with E-state index in [1.54, 1.807) is 0 Å². The van der Waals surface area contributed by atoms with Gasteiger partial charge in [-0.25, -0.2) is 0 Å². The Hall–Kier alpha value is -1.37. The van der Waals surface area contributed by atoms with Crippen LogP contribution in [0.2, 0.25) is 0 Å². The predicted octanol–water partition coefficient (Wildman–Crippen LogP) is 3.07. The molecular formula is C12H13N. The van der Waals surface area contributed by atoms with Crippen LogP contribution in [-0.4, -0.2) is 6.21 Å². The molecule has 0 aromatic heterocycles. The van der Waals surface area contributed by atoms with E-state index in [2.05, 4.69) is 42.3 Å². The standard InChI is InChI=1S/C12H13N/c1-10-3-2-4-12(9-10)11-5-7-13-8-6-11/h2-5,7-9,11H,6H2,1H3. The number of aryl methyl sites for hydroxylation is 1. The molecule has 66 valence electrons. The zero-order valence-corrected chi connectivity index (χ0v) is 7.77. The summed E-state index contributed by atoms with van der Waals surface area (Å²) in [5.74, 6) is 0.525. The molecule has 0 saturated heterocycles. The maximum absolute atomic E-state index is 4.07. The summed E-state index contributed by atoms with van der Waals surface area (Å²) in [4.78, 5) is 4.07. The molecule has 1 nitrogen and oxygen atoms in total. The molecule has 0 saturated carbocycles. The summed E-state index contributed by atoms with van der Waals surface area (Å²) >= 11 is 0. The van der Waals surface area contributed by atoms with E-state index in [1.165, 1.54) is 11.1 Å². The highest BCUT2D eigenvalue weighted by molar-refractivity contribution is 5.62. The van der Waals surface area contributed by atoms with Crippen LogP contribution in [0.15, 0.2) is 41.5 Å². The van der Waals surface area contributed by atoms with Crippen LogP contribution in [0.5, 0.6) is 0 Å². The van der Waals surface area contributed by atoms with Crippen molar-refractivity contribution in [1.82, 2.24) is 0 Å². The lowest BCUT2D eigenvalue weighted by molar-refractivity contribution is 0.885. The number of hydrogen-bond acceptors (Lipinski definition) is 1. The molecule has 1 aliphatic heterocycles. The highest BCUT2D eigenvalue weighted by atomic mass is 14.7. The second kappa shape index (κ2) is 3.56. The second-order valence-corrected chi connectivity index (χ2v) is 3.43. The average Bonchev–Trinajstić information content (AvgIpc) is 2.19. The Bertz CT molecular complexity index is 350. The number of aliphatic imine (C=N–C) groups is 1. The summed E-state index contributed by atoms with van der Waals surface area (Å²) < 4.78 is 0. The van der Waals surface area contributed by atoms with Crippen LogP contribution in [0.4, 0.5) is 0 Å². The van der Waals surface area contributed by atoms with Gasteiger partial charge in [0.15, 0.2) is 0 Å². The Labute approximate surface area is 78.8 Å². The Morgan fingerprint density at radius 3 is 3.00 bits per heavy atom. The summed E-state index contributed by atoms with van der Waals surface area (Å²) in [6, 6.07) is 8.67. The van der Waals surface area contributed by atoms with E-state index in [0.29, 0.717) is 5.92 Å². The molecule has 2 rings (SSSR count). The minimum absolute atomic E-state index is 0.525. The zero-order chi connectivity index (χ0) is 9.10. The molecule has 0 bridgehead atoms. The molecule has 1 aromatic carbocycles. The van der Waals surface area contributed by atoms with Crippen molar-refractivity contribution in [2.75, 3.05) is 0 Å². The highest BCUT2D eigenvalue weighted by Gasteiger charge is 2.07. The van der Waals surface area contributed by atoms with E-state index >= 15 is 0 Å². The monoisotopic (exact) mass is 171 g/mol. The van der Waals surface area contributed by atoms with Crippen LogP contribution in [-0.2, 0) is 0 Å². The minimum atomic E-state index is 0.525. The van der Waals surface area contributed by atoms with Crippen molar-refractivity contribution >= 4 is 6.21 Å². The highest BCUT2D eigenvalue weighted by Crippen LogP contribution is 2.22. The van der Waals surface area contributed by atoms with Gasteiger partial charge in [0.2, 0.25) is 0 Å². The van der Waals surface area contributed by atoms with E-state index in [-0.39, 0.29) is 0 Å². The largest absolute Gasteiger partial charge is 0.269 e. The smallest absolute Gasteiger partial charge is 0.0230 e. The summed E-state index contributed by atoms with van der Waals surface area (Å²) in [6.07, 6.45) is 7.05. The molecule has 1 heteroatoms. The Morgan fingerprint density at radius 1 is 1.38 bits per heavy atom. The van der Waals surface area contributed by atoms with Crippen molar-refractivity contribution in [3.05, 3.63) is 47.7 Å². The molecule has 1 atom stereocenters. The van der Waals surface area contributed by atoms with Crippen LogP contribution >= 0.6 is 0 Å². The van der Waals surface area contributed by atoms with Crippen molar-refractivity contribution in [1.29, 1.82) is 0 Å². The van der Waals surface area contributed by atoms with Gasteiger partial charge in [0.1, 0.15) is 0 Å². The Kier molecular flexibility index (Phi) is 2.26. The van der Waals surface area contributed by atoms with Crippen molar-refractivity contribution in [3.8, 4) is 0 Å². The van der Waals surface area contributed by atoms with Crippen molar-refractivity contribution < 1.29 is 0 Å². The van der Waals surface area contributed by atoms with E-state index < -0.39 is 0 Å². The molecule has 0 amide bonds. The van der Waals surface area contributed by atoms with Crippen molar-refractivity contribution in [2.45, 2.75) is 19.3 Å². The number of rotatable bonds is 1. The molecular weight excluding hydrogens is 158 g/mol. The summed E-state index contributed by atoms with van der Waals surface area (Å²) in [7, 11) is 0. The van der Waals surface area contributed by atoms with Crippen LogP contribution < -0.4 is 0 Å². The van der Waals surface area contributed by atoms with Crippen LogP contribution in [0, 0.1) is 6.92 Å². The first kappa shape index (κ1) is 8.24. The molecule has 0 aliphatic carbocycles. The maximum atomic E-state index is 4.07. The Balaban J connectivity index is 2.25. The normalized spacial score (nSPS) is 20.5. The first-order valence-electron chi connectivity index (χ1n) is 4.61. The molecule has 0 N–H and O–H groups in total. The van der Waals surface area contributed by atoms with Gasteiger partial charge in [0.05, 0.1) is 0 Å². The molecule has 1 unspecified atom stereocenters. The molecule has 0 radical (unpaired) electrons. The predicted molar refractivity (Wildman–Crippen MR) is 56.2 cm³/mol. The lowest BCUT2D eigenvalue weighted by atomic mass is 9.94. The van der Waals surface area contributed by atoms with E-state index in [1.807, 2.05) is 12.4 Å². The third kappa shape index (κ3) is 1.86. The summed E-state index contributed by atoms with van der Waals surface area (Å²) in [5.41, 5.74) is 2.72. The lowest BCUT2D eigenvalue weighted by Crippen LogP contribution is -1.98.